The second kappa shape index (κ2) is 4.40. The fourth-order valence-corrected chi connectivity index (χ4v) is 3.58. The van der Waals surface area contributed by atoms with Gasteiger partial charge in [0.05, 0.1) is 0 Å². The van der Waals surface area contributed by atoms with Crippen molar-refractivity contribution in [3.05, 3.63) is 39.2 Å². The molecular weight excluding hydrogens is 314 g/mol. The number of carbonyl (C=O) groups is 1. The maximum atomic E-state index is 11.1. The first-order valence-corrected chi connectivity index (χ1v) is 7.16. The van der Waals surface area contributed by atoms with Crippen molar-refractivity contribution < 1.29 is 9.90 Å². The van der Waals surface area contributed by atoms with Crippen LogP contribution in [0.2, 0.25) is 0 Å². The zero-order valence-corrected chi connectivity index (χ0v) is 11.8. The number of thiophene rings is 1. The predicted octanol–water partition coefficient (Wildman–Crippen LogP) is 3.84. The largest absolute Gasteiger partial charge is 0.477 e. The number of carboxylic acids is 1. The molecular formula is C13H10BrNO2S. The summed E-state index contributed by atoms with van der Waals surface area (Å²) in [5, 5.41) is 12.5. The van der Waals surface area contributed by atoms with Gasteiger partial charge in [0.15, 0.2) is 0 Å². The van der Waals surface area contributed by atoms with Crippen LogP contribution >= 0.6 is 27.3 Å². The van der Waals surface area contributed by atoms with Gasteiger partial charge in [0.2, 0.25) is 0 Å². The lowest BCUT2D eigenvalue weighted by molar-refractivity contribution is 0.0702. The average Bonchev–Trinajstić information content (AvgIpc) is 2.68. The summed E-state index contributed by atoms with van der Waals surface area (Å²) in [6, 6.07) is 7.84. The van der Waals surface area contributed by atoms with E-state index in [2.05, 4.69) is 21.2 Å². The van der Waals surface area contributed by atoms with Crippen molar-refractivity contribution in [3.8, 4) is 10.4 Å². The molecule has 1 aliphatic heterocycles. The first-order valence-electron chi connectivity index (χ1n) is 5.55. The molecule has 0 unspecified atom stereocenters. The van der Waals surface area contributed by atoms with E-state index in [0.29, 0.717) is 4.88 Å². The van der Waals surface area contributed by atoms with Gasteiger partial charge in [0, 0.05) is 27.1 Å². The Labute approximate surface area is 117 Å². The van der Waals surface area contributed by atoms with Crippen LogP contribution in [0.3, 0.4) is 0 Å². The summed E-state index contributed by atoms with van der Waals surface area (Å²) in [5.74, 6) is -0.849. The Morgan fingerprint density at radius 1 is 1.39 bits per heavy atom. The van der Waals surface area contributed by atoms with Crippen molar-refractivity contribution in [1.82, 2.24) is 0 Å². The summed E-state index contributed by atoms with van der Waals surface area (Å²) >= 11 is 4.81. The number of nitrogens with one attached hydrogen (secondary N) is 1. The number of hydrogen-bond acceptors (Lipinski definition) is 3. The van der Waals surface area contributed by atoms with E-state index < -0.39 is 5.97 Å². The molecule has 3 rings (SSSR count). The molecule has 0 saturated heterocycles. The van der Waals surface area contributed by atoms with Crippen LogP contribution in [0.15, 0.2) is 28.7 Å². The lowest BCUT2D eigenvalue weighted by Gasteiger charge is -2.07. The van der Waals surface area contributed by atoms with Gasteiger partial charge < -0.3 is 10.4 Å². The number of halogens is 1. The summed E-state index contributed by atoms with van der Waals surface area (Å²) in [6.45, 7) is 0.831. The molecule has 0 spiro atoms. The molecule has 3 nitrogen and oxygen atoms in total. The Hall–Kier alpha value is -1.33. The van der Waals surface area contributed by atoms with Crippen LogP contribution in [0.5, 0.6) is 0 Å². The normalized spacial score (nSPS) is 13.2. The Balaban J connectivity index is 2.22. The van der Waals surface area contributed by atoms with Crippen molar-refractivity contribution in [1.29, 1.82) is 0 Å². The number of rotatable bonds is 1. The van der Waals surface area contributed by atoms with E-state index in [4.69, 9.17) is 5.11 Å². The van der Waals surface area contributed by atoms with E-state index in [9.17, 15) is 4.79 Å². The highest BCUT2D eigenvalue weighted by atomic mass is 79.9. The second-order valence-electron chi connectivity index (χ2n) is 4.14. The second-order valence-corrected chi connectivity index (χ2v) is 6.10. The highest BCUT2D eigenvalue weighted by Gasteiger charge is 2.19. The summed E-state index contributed by atoms with van der Waals surface area (Å²) in [7, 11) is 0. The minimum Gasteiger partial charge on any atom is -0.477 e. The van der Waals surface area contributed by atoms with Crippen molar-refractivity contribution >= 4 is 38.9 Å². The fourth-order valence-electron chi connectivity index (χ4n) is 2.14. The molecule has 0 fully saturated rings. The van der Waals surface area contributed by atoms with Crippen molar-refractivity contribution in [2.75, 3.05) is 11.9 Å². The van der Waals surface area contributed by atoms with Crippen LogP contribution < -0.4 is 5.32 Å². The standard InChI is InChI=1S/C13H10BrNO2S/c14-8-1-2-10-9(6-8)12-7(3-4-15-10)5-11(18-12)13(16)17/h1-2,5-6,15H,3-4H2,(H,16,17). The van der Waals surface area contributed by atoms with Gasteiger partial charge in [-0.2, -0.15) is 0 Å². The van der Waals surface area contributed by atoms with Crippen molar-refractivity contribution in [2.45, 2.75) is 6.42 Å². The van der Waals surface area contributed by atoms with Gasteiger partial charge in [-0.1, -0.05) is 15.9 Å². The lowest BCUT2D eigenvalue weighted by atomic mass is 10.1. The number of benzene rings is 1. The molecule has 0 radical (unpaired) electrons. The molecule has 2 aromatic rings. The monoisotopic (exact) mass is 323 g/mol. The third kappa shape index (κ3) is 1.93. The number of anilines is 1. The third-order valence-electron chi connectivity index (χ3n) is 2.96. The first-order chi connectivity index (χ1) is 8.65. The van der Waals surface area contributed by atoms with Crippen LogP contribution in [0.25, 0.3) is 10.4 Å². The number of fused-ring (bicyclic) bond motifs is 3. The summed E-state index contributed by atoms with van der Waals surface area (Å²) in [4.78, 5) is 12.5. The molecule has 0 atom stereocenters. The molecule has 5 heteroatoms. The van der Waals surface area contributed by atoms with Crippen molar-refractivity contribution in [3.63, 3.8) is 0 Å². The number of carboxylic acid groups (broad SMARTS) is 1. The number of hydrogen-bond donors (Lipinski definition) is 2. The maximum absolute atomic E-state index is 11.1. The first kappa shape index (κ1) is 11.7. The molecule has 1 aliphatic rings. The molecule has 0 amide bonds. The third-order valence-corrected chi connectivity index (χ3v) is 4.65. The SMILES string of the molecule is O=C(O)c1cc2c(s1)-c1cc(Br)ccc1NCC2. The van der Waals surface area contributed by atoms with Gasteiger partial charge in [-0.3, -0.25) is 0 Å². The quantitative estimate of drug-likeness (QED) is 0.838. The van der Waals surface area contributed by atoms with E-state index in [-0.39, 0.29) is 0 Å². The van der Waals surface area contributed by atoms with Gasteiger partial charge in [-0.05, 0) is 36.2 Å². The van der Waals surface area contributed by atoms with Gasteiger partial charge in [0.25, 0.3) is 0 Å². The summed E-state index contributed by atoms with van der Waals surface area (Å²) < 4.78 is 1.00. The maximum Gasteiger partial charge on any atom is 0.345 e. The summed E-state index contributed by atoms with van der Waals surface area (Å²) in [5.41, 5.74) is 3.26. The van der Waals surface area contributed by atoms with Crippen LogP contribution in [0, 0.1) is 0 Å². The smallest absolute Gasteiger partial charge is 0.345 e. The molecule has 18 heavy (non-hydrogen) atoms. The van der Waals surface area contributed by atoms with E-state index in [1.165, 1.54) is 11.3 Å². The molecule has 2 heterocycles. The fraction of sp³-hybridized carbons (Fsp3) is 0.154. The van der Waals surface area contributed by atoms with Gasteiger partial charge in [0.1, 0.15) is 4.88 Å². The Morgan fingerprint density at radius 3 is 3.00 bits per heavy atom. The Kier molecular flexibility index (Phi) is 2.87. The highest BCUT2D eigenvalue weighted by Crippen LogP contribution is 2.40. The molecule has 0 saturated carbocycles. The highest BCUT2D eigenvalue weighted by molar-refractivity contribution is 9.10. The minimum atomic E-state index is -0.849. The zero-order chi connectivity index (χ0) is 12.7. The predicted molar refractivity (Wildman–Crippen MR) is 76.6 cm³/mol. The van der Waals surface area contributed by atoms with Crippen molar-refractivity contribution in [2.24, 2.45) is 0 Å². The minimum absolute atomic E-state index is 0.410. The van der Waals surface area contributed by atoms with Gasteiger partial charge in [-0.25, -0.2) is 4.79 Å². The molecule has 2 N–H and O–H groups in total. The average molecular weight is 324 g/mol. The molecule has 92 valence electrons. The lowest BCUT2D eigenvalue weighted by Crippen LogP contribution is -2.02. The zero-order valence-electron chi connectivity index (χ0n) is 9.37. The van der Waals surface area contributed by atoms with E-state index in [1.807, 2.05) is 18.2 Å². The van der Waals surface area contributed by atoms with Crippen LogP contribution in [-0.4, -0.2) is 17.6 Å². The topological polar surface area (TPSA) is 49.3 Å². The Morgan fingerprint density at radius 2 is 2.22 bits per heavy atom. The van der Waals surface area contributed by atoms with E-state index >= 15 is 0 Å². The van der Waals surface area contributed by atoms with E-state index in [1.54, 1.807) is 6.07 Å². The molecule has 1 aromatic heterocycles. The molecule has 0 bridgehead atoms. The summed E-state index contributed by atoms with van der Waals surface area (Å²) in [6.07, 6.45) is 0.853. The van der Waals surface area contributed by atoms with Crippen LogP contribution in [0.4, 0.5) is 5.69 Å². The molecule has 0 aliphatic carbocycles. The Bertz CT molecular complexity index is 636. The van der Waals surface area contributed by atoms with Gasteiger partial charge in [-0.15, -0.1) is 11.3 Å². The van der Waals surface area contributed by atoms with Gasteiger partial charge >= 0.3 is 5.97 Å². The van der Waals surface area contributed by atoms with Crippen LogP contribution in [-0.2, 0) is 6.42 Å². The number of aromatic carboxylic acids is 1. The van der Waals surface area contributed by atoms with Crippen LogP contribution in [0.1, 0.15) is 15.2 Å². The van der Waals surface area contributed by atoms with E-state index in [0.717, 1.165) is 39.1 Å². The molecule has 1 aromatic carbocycles.